The van der Waals surface area contributed by atoms with Crippen LogP contribution in [0.25, 0.3) is 0 Å². The summed E-state index contributed by atoms with van der Waals surface area (Å²) in [7, 11) is 0. The summed E-state index contributed by atoms with van der Waals surface area (Å²) in [6, 6.07) is 3.30. The van der Waals surface area contributed by atoms with Gasteiger partial charge in [0.25, 0.3) is 0 Å². The minimum absolute atomic E-state index is 0.0617. The van der Waals surface area contributed by atoms with E-state index in [0.29, 0.717) is 18.0 Å². The van der Waals surface area contributed by atoms with Crippen molar-refractivity contribution in [1.29, 1.82) is 0 Å². The van der Waals surface area contributed by atoms with Crippen LogP contribution in [0.2, 0.25) is 0 Å². The standard InChI is InChI=1S/C10H13NO3/c1-6(4-11)9-7(12)2-3-8-10(9)14-5-13-8/h2-3,6,12H,4-5,11H2,1H3. The van der Waals surface area contributed by atoms with Gasteiger partial charge in [-0.25, -0.2) is 0 Å². The van der Waals surface area contributed by atoms with E-state index in [0.717, 1.165) is 5.56 Å². The van der Waals surface area contributed by atoms with Crippen molar-refractivity contribution in [3.63, 3.8) is 0 Å². The average molecular weight is 195 g/mol. The third-order valence-electron chi connectivity index (χ3n) is 2.40. The van der Waals surface area contributed by atoms with Crippen LogP contribution in [0.1, 0.15) is 18.4 Å². The number of hydrogen-bond acceptors (Lipinski definition) is 4. The Labute approximate surface area is 82.2 Å². The average Bonchev–Trinajstić information content (AvgIpc) is 2.64. The lowest BCUT2D eigenvalue weighted by Crippen LogP contribution is -2.09. The minimum Gasteiger partial charge on any atom is -0.508 e. The Morgan fingerprint density at radius 1 is 1.50 bits per heavy atom. The summed E-state index contributed by atoms with van der Waals surface area (Å²) in [6.45, 7) is 2.62. The molecule has 1 aliphatic heterocycles. The van der Waals surface area contributed by atoms with Crippen LogP contribution in [0.15, 0.2) is 12.1 Å². The zero-order valence-electron chi connectivity index (χ0n) is 7.99. The smallest absolute Gasteiger partial charge is 0.231 e. The van der Waals surface area contributed by atoms with E-state index in [2.05, 4.69) is 0 Å². The van der Waals surface area contributed by atoms with Crippen LogP contribution < -0.4 is 15.2 Å². The van der Waals surface area contributed by atoms with Crippen molar-refractivity contribution in [2.75, 3.05) is 13.3 Å². The highest BCUT2D eigenvalue weighted by Gasteiger charge is 2.23. The zero-order chi connectivity index (χ0) is 10.1. The van der Waals surface area contributed by atoms with Crippen molar-refractivity contribution in [2.45, 2.75) is 12.8 Å². The predicted molar refractivity (Wildman–Crippen MR) is 51.7 cm³/mol. The van der Waals surface area contributed by atoms with E-state index in [-0.39, 0.29) is 18.5 Å². The normalized spacial score (nSPS) is 15.6. The van der Waals surface area contributed by atoms with Gasteiger partial charge in [0.05, 0.1) is 0 Å². The molecule has 0 bridgehead atoms. The highest BCUT2D eigenvalue weighted by molar-refractivity contribution is 5.56. The first-order valence-corrected chi connectivity index (χ1v) is 4.55. The van der Waals surface area contributed by atoms with Crippen molar-refractivity contribution in [1.82, 2.24) is 0 Å². The summed E-state index contributed by atoms with van der Waals surface area (Å²) in [6.07, 6.45) is 0. The van der Waals surface area contributed by atoms with Gasteiger partial charge in [-0.15, -0.1) is 0 Å². The van der Waals surface area contributed by atoms with Gasteiger partial charge in [-0.2, -0.15) is 0 Å². The van der Waals surface area contributed by atoms with Crippen LogP contribution in [-0.2, 0) is 0 Å². The Kier molecular flexibility index (Phi) is 2.21. The molecule has 76 valence electrons. The number of aromatic hydroxyl groups is 1. The first kappa shape index (κ1) is 9.15. The molecule has 0 amide bonds. The lowest BCUT2D eigenvalue weighted by molar-refractivity contribution is 0.173. The summed E-state index contributed by atoms with van der Waals surface area (Å²) in [5.74, 6) is 1.58. The van der Waals surface area contributed by atoms with E-state index in [9.17, 15) is 5.11 Å². The van der Waals surface area contributed by atoms with Gasteiger partial charge in [0.15, 0.2) is 11.5 Å². The monoisotopic (exact) mass is 195 g/mol. The SMILES string of the molecule is CC(CN)c1c(O)ccc2c1OCO2. The van der Waals surface area contributed by atoms with Crippen LogP contribution in [0.3, 0.4) is 0 Å². The molecule has 4 nitrogen and oxygen atoms in total. The van der Waals surface area contributed by atoms with Gasteiger partial charge in [-0.05, 0) is 18.7 Å². The van der Waals surface area contributed by atoms with Crippen LogP contribution in [-0.4, -0.2) is 18.4 Å². The molecule has 1 unspecified atom stereocenters. The molecule has 1 aliphatic rings. The van der Waals surface area contributed by atoms with Crippen molar-refractivity contribution in [3.8, 4) is 17.2 Å². The van der Waals surface area contributed by atoms with Gasteiger partial charge in [0, 0.05) is 11.5 Å². The number of rotatable bonds is 2. The fraction of sp³-hybridized carbons (Fsp3) is 0.400. The van der Waals surface area contributed by atoms with Gasteiger partial charge in [0.1, 0.15) is 5.75 Å². The second-order valence-electron chi connectivity index (χ2n) is 3.37. The summed E-state index contributed by atoms with van der Waals surface area (Å²) >= 11 is 0. The number of benzene rings is 1. The van der Waals surface area contributed by atoms with Crippen molar-refractivity contribution in [2.24, 2.45) is 5.73 Å². The molecular formula is C10H13NO3. The Bertz CT molecular complexity index is 351. The molecule has 1 aromatic rings. The lowest BCUT2D eigenvalue weighted by Gasteiger charge is -2.13. The number of phenolic OH excluding ortho intramolecular Hbond substituents is 1. The molecule has 1 heterocycles. The van der Waals surface area contributed by atoms with Crippen molar-refractivity contribution in [3.05, 3.63) is 17.7 Å². The highest BCUT2D eigenvalue weighted by atomic mass is 16.7. The minimum atomic E-state index is 0.0617. The summed E-state index contributed by atoms with van der Waals surface area (Å²) < 4.78 is 10.5. The molecule has 0 aliphatic carbocycles. The number of ether oxygens (including phenoxy) is 2. The molecule has 0 fully saturated rings. The van der Waals surface area contributed by atoms with E-state index in [1.807, 2.05) is 6.92 Å². The van der Waals surface area contributed by atoms with Gasteiger partial charge in [-0.3, -0.25) is 0 Å². The van der Waals surface area contributed by atoms with Crippen molar-refractivity contribution < 1.29 is 14.6 Å². The second-order valence-corrected chi connectivity index (χ2v) is 3.37. The summed E-state index contributed by atoms with van der Waals surface area (Å²) in [5, 5.41) is 9.69. The molecule has 0 saturated carbocycles. The molecule has 1 aromatic carbocycles. The molecule has 0 radical (unpaired) electrons. The van der Waals surface area contributed by atoms with E-state index in [1.165, 1.54) is 0 Å². The molecule has 3 N–H and O–H groups in total. The third-order valence-corrected chi connectivity index (χ3v) is 2.40. The zero-order valence-corrected chi connectivity index (χ0v) is 7.99. The maximum atomic E-state index is 9.69. The molecule has 2 rings (SSSR count). The van der Waals surface area contributed by atoms with Crippen LogP contribution >= 0.6 is 0 Å². The van der Waals surface area contributed by atoms with Crippen LogP contribution in [0, 0.1) is 0 Å². The predicted octanol–water partition coefficient (Wildman–Crippen LogP) is 1.18. The number of hydrogen-bond donors (Lipinski definition) is 2. The second kappa shape index (κ2) is 3.38. The third kappa shape index (κ3) is 1.28. The lowest BCUT2D eigenvalue weighted by atomic mass is 9.99. The number of fused-ring (bicyclic) bond motifs is 1. The van der Waals surface area contributed by atoms with E-state index < -0.39 is 0 Å². The first-order valence-electron chi connectivity index (χ1n) is 4.55. The Balaban J connectivity index is 2.51. The van der Waals surface area contributed by atoms with Gasteiger partial charge in [0.2, 0.25) is 6.79 Å². The quantitative estimate of drug-likeness (QED) is 0.743. The first-order chi connectivity index (χ1) is 6.74. The Morgan fingerprint density at radius 2 is 2.29 bits per heavy atom. The molecule has 0 aromatic heterocycles. The Morgan fingerprint density at radius 3 is 3.00 bits per heavy atom. The highest BCUT2D eigenvalue weighted by Crippen LogP contribution is 2.43. The van der Waals surface area contributed by atoms with E-state index in [4.69, 9.17) is 15.2 Å². The fourth-order valence-corrected chi connectivity index (χ4v) is 1.58. The summed E-state index contributed by atoms with van der Waals surface area (Å²) in [4.78, 5) is 0. The maximum absolute atomic E-state index is 9.69. The molecule has 0 saturated heterocycles. The molecule has 1 atom stereocenters. The maximum Gasteiger partial charge on any atom is 0.231 e. The molecular weight excluding hydrogens is 182 g/mol. The van der Waals surface area contributed by atoms with Gasteiger partial charge in [-0.1, -0.05) is 6.92 Å². The Hall–Kier alpha value is -1.42. The number of phenols is 1. The summed E-state index contributed by atoms with van der Waals surface area (Å²) in [5.41, 5.74) is 6.30. The van der Waals surface area contributed by atoms with Crippen LogP contribution in [0.4, 0.5) is 0 Å². The topological polar surface area (TPSA) is 64.7 Å². The van der Waals surface area contributed by atoms with E-state index in [1.54, 1.807) is 12.1 Å². The van der Waals surface area contributed by atoms with Gasteiger partial charge < -0.3 is 20.3 Å². The largest absolute Gasteiger partial charge is 0.508 e. The van der Waals surface area contributed by atoms with Crippen molar-refractivity contribution >= 4 is 0 Å². The van der Waals surface area contributed by atoms with Gasteiger partial charge >= 0.3 is 0 Å². The van der Waals surface area contributed by atoms with Crippen LogP contribution in [0.5, 0.6) is 17.2 Å². The molecule has 14 heavy (non-hydrogen) atoms. The van der Waals surface area contributed by atoms with E-state index >= 15 is 0 Å². The fourth-order valence-electron chi connectivity index (χ4n) is 1.58. The molecule has 0 spiro atoms. The molecule has 4 heteroatoms. The number of nitrogens with two attached hydrogens (primary N) is 1.